The van der Waals surface area contributed by atoms with Crippen molar-refractivity contribution in [3.05, 3.63) is 29.8 Å². The number of Topliss-reactive ketones (excluding diaryl/α,β-unsaturated/α-hetero) is 1. The molecule has 0 bridgehead atoms. The molecule has 0 aliphatic carbocycles. The predicted molar refractivity (Wildman–Crippen MR) is 72.8 cm³/mol. The molecule has 0 heterocycles. The molecular weight excluding hydrogens is 288 g/mol. The molecule has 0 amide bonds. The number of hydrogen-bond acceptors (Lipinski definition) is 5. The number of benzene rings is 1. The van der Waals surface area contributed by atoms with Crippen LogP contribution in [0.5, 0.6) is 0 Å². The van der Waals surface area contributed by atoms with Crippen molar-refractivity contribution in [2.45, 2.75) is 17.7 Å². The Balaban J connectivity index is 2.69. The van der Waals surface area contributed by atoms with Crippen molar-refractivity contribution in [3.8, 4) is 0 Å². The van der Waals surface area contributed by atoms with Gasteiger partial charge in [0.15, 0.2) is 15.6 Å². The zero-order chi connectivity index (χ0) is 14.7. The van der Waals surface area contributed by atoms with E-state index in [4.69, 9.17) is 0 Å². The summed E-state index contributed by atoms with van der Waals surface area (Å²) in [5.74, 6) is -0.219. The summed E-state index contributed by atoms with van der Waals surface area (Å²) in [6, 6.07) is 5.64. The van der Waals surface area contributed by atoms with Crippen LogP contribution in [0.15, 0.2) is 29.2 Å². The van der Waals surface area contributed by atoms with Crippen LogP contribution in [0.1, 0.15) is 23.2 Å². The Kier molecular flexibility index (Phi) is 4.86. The Labute approximate surface area is 113 Å². The van der Waals surface area contributed by atoms with Gasteiger partial charge in [0.1, 0.15) is 9.84 Å². The quantitative estimate of drug-likeness (QED) is 0.735. The molecule has 0 aliphatic heterocycles. The van der Waals surface area contributed by atoms with E-state index in [-0.39, 0.29) is 29.3 Å². The first-order valence-corrected chi connectivity index (χ1v) is 9.56. The van der Waals surface area contributed by atoms with E-state index in [0.717, 1.165) is 12.5 Å². The van der Waals surface area contributed by atoms with Crippen molar-refractivity contribution in [1.29, 1.82) is 0 Å². The van der Waals surface area contributed by atoms with Crippen molar-refractivity contribution in [2.24, 2.45) is 0 Å². The van der Waals surface area contributed by atoms with Crippen LogP contribution >= 0.6 is 0 Å². The molecule has 0 unspecified atom stereocenters. The number of carbonyl (C=O) groups excluding carboxylic acids is 1. The lowest BCUT2D eigenvalue weighted by Crippen LogP contribution is -2.07. The van der Waals surface area contributed by atoms with Gasteiger partial charge in [0, 0.05) is 24.5 Å². The van der Waals surface area contributed by atoms with Crippen molar-refractivity contribution in [2.75, 3.05) is 18.3 Å². The van der Waals surface area contributed by atoms with Gasteiger partial charge in [-0.25, -0.2) is 16.8 Å². The third-order valence-electron chi connectivity index (χ3n) is 2.52. The van der Waals surface area contributed by atoms with Crippen LogP contribution in [0, 0.1) is 0 Å². The monoisotopic (exact) mass is 304 g/mol. The Bertz CT molecular complexity index is 655. The number of ketones is 1. The van der Waals surface area contributed by atoms with Crippen molar-refractivity contribution in [1.82, 2.24) is 0 Å². The molecule has 7 heteroatoms. The fourth-order valence-corrected chi connectivity index (χ4v) is 2.83. The van der Waals surface area contributed by atoms with Crippen LogP contribution in [-0.4, -0.2) is 40.9 Å². The Morgan fingerprint density at radius 2 is 1.53 bits per heavy atom. The molecule has 0 N–H and O–H groups in total. The van der Waals surface area contributed by atoms with E-state index >= 15 is 0 Å². The van der Waals surface area contributed by atoms with Gasteiger partial charge in [0.2, 0.25) is 0 Å². The molecular formula is C12H16O5S2. The largest absolute Gasteiger partial charge is 0.294 e. The average Bonchev–Trinajstić information content (AvgIpc) is 2.26. The molecule has 1 aromatic carbocycles. The Morgan fingerprint density at radius 3 is 1.95 bits per heavy atom. The lowest BCUT2D eigenvalue weighted by molar-refractivity contribution is 0.0982. The molecule has 0 atom stereocenters. The lowest BCUT2D eigenvalue weighted by atomic mass is 10.1. The maximum absolute atomic E-state index is 11.7. The summed E-state index contributed by atoms with van der Waals surface area (Å²) >= 11 is 0. The fourth-order valence-electron chi connectivity index (χ4n) is 1.53. The van der Waals surface area contributed by atoms with E-state index in [2.05, 4.69) is 0 Å². The molecule has 1 rings (SSSR count). The molecule has 0 saturated carbocycles. The third-order valence-corrected chi connectivity index (χ3v) is 4.68. The molecule has 0 saturated heterocycles. The fraction of sp³-hybridized carbons (Fsp3) is 0.417. The van der Waals surface area contributed by atoms with Crippen LogP contribution < -0.4 is 0 Å². The molecule has 0 spiro atoms. The Morgan fingerprint density at radius 1 is 1.00 bits per heavy atom. The topological polar surface area (TPSA) is 85.3 Å². The highest BCUT2D eigenvalue weighted by atomic mass is 32.2. The van der Waals surface area contributed by atoms with Gasteiger partial charge >= 0.3 is 0 Å². The van der Waals surface area contributed by atoms with Gasteiger partial charge in [0.25, 0.3) is 0 Å². The normalized spacial score (nSPS) is 12.3. The molecule has 0 aromatic heterocycles. The number of hydrogen-bond donors (Lipinski definition) is 0. The van der Waals surface area contributed by atoms with Gasteiger partial charge in [-0.15, -0.1) is 0 Å². The van der Waals surface area contributed by atoms with Crippen molar-refractivity contribution < 1.29 is 21.6 Å². The lowest BCUT2D eigenvalue weighted by Gasteiger charge is -2.02. The highest BCUT2D eigenvalue weighted by molar-refractivity contribution is 7.91. The molecule has 0 aliphatic rings. The van der Waals surface area contributed by atoms with Crippen LogP contribution in [0.4, 0.5) is 0 Å². The summed E-state index contributed by atoms with van der Waals surface area (Å²) in [7, 11) is -6.33. The standard InChI is InChI=1S/C12H16O5S2/c1-18(14,15)9-3-4-12(13)10-5-7-11(8-6-10)19(2,16)17/h5-8H,3-4,9H2,1-2H3. The van der Waals surface area contributed by atoms with Crippen molar-refractivity contribution in [3.63, 3.8) is 0 Å². The predicted octanol–water partition coefficient (Wildman–Crippen LogP) is 1.10. The molecule has 1 aromatic rings. The summed E-state index contributed by atoms with van der Waals surface area (Å²) in [5.41, 5.74) is 0.390. The first-order chi connectivity index (χ1) is 8.59. The number of sulfone groups is 2. The first kappa shape index (κ1) is 15.8. The highest BCUT2D eigenvalue weighted by Crippen LogP contribution is 2.12. The summed E-state index contributed by atoms with van der Waals surface area (Å²) in [5, 5.41) is 0. The smallest absolute Gasteiger partial charge is 0.175 e. The van der Waals surface area contributed by atoms with Gasteiger partial charge in [-0.1, -0.05) is 12.1 Å². The first-order valence-electron chi connectivity index (χ1n) is 5.61. The SMILES string of the molecule is CS(=O)(=O)CCCC(=O)c1ccc(S(C)(=O)=O)cc1. The van der Waals surface area contributed by atoms with E-state index in [1.807, 2.05) is 0 Å². The molecule has 106 valence electrons. The minimum absolute atomic E-state index is 0.0276. The second kappa shape index (κ2) is 5.83. The van der Waals surface area contributed by atoms with E-state index in [1.54, 1.807) is 0 Å². The Hall–Kier alpha value is -1.21. The average molecular weight is 304 g/mol. The molecule has 5 nitrogen and oxygen atoms in total. The van der Waals surface area contributed by atoms with Crippen LogP contribution in [0.3, 0.4) is 0 Å². The summed E-state index contributed by atoms with van der Waals surface area (Å²) in [6.07, 6.45) is 2.62. The second-order valence-corrected chi connectivity index (χ2v) is 8.73. The summed E-state index contributed by atoms with van der Waals surface area (Å²) in [6.45, 7) is 0. The number of carbonyl (C=O) groups is 1. The maximum Gasteiger partial charge on any atom is 0.175 e. The van der Waals surface area contributed by atoms with Crippen LogP contribution in [0.2, 0.25) is 0 Å². The summed E-state index contributed by atoms with van der Waals surface area (Å²) < 4.78 is 44.3. The van der Waals surface area contributed by atoms with Gasteiger partial charge in [-0.2, -0.15) is 0 Å². The molecule has 19 heavy (non-hydrogen) atoms. The van der Waals surface area contributed by atoms with Crippen molar-refractivity contribution >= 4 is 25.5 Å². The van der Waals surface area contributed by atoms with Gasteiger partial charge < -0.3 is 0 Å². The van der Waals surface area contributed by atoms with E-state index in [1.165, 1.54) is 24.3 Å². The van der Waals surface area contributed by atoms with E-state index in [0.29, 0.717) is 5.56 Å². The van der Waals surface area contributed by atoms with Gasteiger partial charge in [-0.3, -0.25) is 4.79 Å². The minimum Gasteiger partial charge on any atom is -0.294 e. The highest BCUT2D eigenvalue weighted by Gasteiger charge is 2.11. The summed E-state index contributed by atoms with van der Waals surface area (Å²) in [4.78, 5) is 11.9. The van der Waals surface area contributed by atoms with Crippen LogP contribution in [0.25, 0.3) is 0 Å². The number of rotatable bonds is 6. The minimum atomic E-state index is -3.27. The molecule has 0 radical (unpaired) electrons. The van der Waals surface area contributed by atoms with E-state index in [9.17, 15) is 21.6 Å². The van der Waals surface area contributed by atoms with E-state index < -0.39 is 19.7 Å². The zero-order valence-electron chi connectivity index (χ0n) is 10.8. The molecule has 0 fully saturated rings. The maximum atomic E-state index is 11.7. The van der Waals surface area contributed by atoms with Crippen LogP contribution in [-0.2, 0) is 19.7 Å². The third kappa shape index (κ3) is 5.52. The van der Waals surface area contributed by atoms with Gasteiger partial charge in [-0.05, 0) is 18.6 Å². The second-order valence-electron chi connectivity index (χ2n) is 4.45. The van der Waals surface area contributed by atoms with Gasteiger partial charge in [0.05, 0.1) is 10.6 Å². The zero-order valence-corrected chi connectivity index (χ0v) is 12.4.